The molecule has 2 heterocycles. The average molecular weight is 715 g/mol. The number of hydrogen-bond acceptors (Lipinski definition) is 8. The number of anilines is 1. The van der Waals surface area contributed by atoms with Crippen LogP contribution in [-0.4, -0.2) is 53.2 Å². The van der Waals surface area contributed by atoms with E-state index in [1.165, 1.54) is 66.4 Å². The molecule has 2 N–H and O–H groups in total. The molecule has 254 valence electrons. The van der Waals surface area contributed by atoms with E-state index in [1.807, 2.05) is 4.72 Å². The van der Waals surface area contributed by atoms with E-state index in [2.05, 4.69) is 15.6 Å². The van der Waals surface area contributed by atoms with Gasteiger partial charge in [0.1, 0.15) is 11.8 Å². The minimum atomic E-state index is -4.74. The van der Waals surface area contributed by atoms with Crippen molar-refractivity contribution in [2.24, 2.45) is 0 Å². The molecule has 2 amide bonds. The van der Waals surface area contributed by atoms with Gasteiger partial charge in [0, 0.05) is 39.9 Å². The zero-order valence-electron chi connectivity index (χ0n) is 25.6. The number of sulfonamides is 1. The topological polar surface area (TPSA) is 154 Å². The van der Waals surface area contributed by atoms with Crippen molar-refractivity contribution >= 4 is 39.1 Å². The summed E-state index contributed by atoms with van der Waals surface area (Å²) < 4.78 is 72.2. The normalized spacial score (nSPS) is 12.3. The predicted octanol–water partition coefficient (Wildman–Crippen LogP) is 4.89. The third-order valence-corrected chi connectivity index (χ3v) is 7.94. The zero-order chi connectivity index (χ0) is 35.5. The molecule has 2 aromatic heterocycles. The van der Waals surface area contributed by atoms with E-state index >= 15 is 0 Å². The Morgan fingerprint density at radius 2 is 1.67 bits per heavy atom. The van der Waals surface area contributed by atoms with Crippen molar-refractivity contribution in [1.82, 2.24) is 24.3 Å². The summed E-state index contributed by atoms with van der Waals surface area (Å²) in [4.78, 5) is 39.8. The van der Waals surface area contributed by atoms with Gasteiger partial charge in [-0.05, 0) is 48.0 Å². The summed E-state index contributed by atoms with van der Waals surface area (Å²) in [7, 11) is -2.47. The van der Waals surface area contributed by atoms with Crippen molar-refractivity contribution in [3.8, 4) is 22.6 Å². The molecule has 0 saturated heterocycles. The minimum absolute atomic E-state index is 0.0294. The standard InChI is InChI=1S/C32H26ClF3N6O6S/c1-48-27-17-41(29(43)16-24(27)23-15-21(33)10-13-25(23)42-18-28(38-40-42)32(34,35)36)26(14-19-6-4-3-5-7-19)31(45)37-22-11-8-20(9-12-22)30(44)39-49(2,46)47/h3-13,15-18,26H,14H2,1-2H3,(H,37,45)(H,39,44)/t26-/m0/s1. The van der Waals surface area contributed by atoms with Crippen LogP contribution in [0.25, 0.3) is 16.8 Å². The Kier molecular flexibility index (Phi) is 9.91. The second kappa shape index (κ2) is 13.9. The number of nitrogens with one attached hydrogen (secondary N) is 2. The molecule has 49 heavy (non-hydrogen) atoms. The Hall–Kier alpha value is -5.48. The number of amides is 2. The number of hydrogen-bond donors (Lipinski definition) is 2. The van der Waals surface area contributed by atoms with Gasteiger partial charge in [0.2, 0.25) is 15.9 Å². The number of aromatic nitrogens is 4. The highest BCUT2D eigenvalue weighted by molar-refractivity contribution is 7.89. The van der Waals surface area contributed by atoms with Gasteiger partial charge in [-0.25, -0.2) is 17.8 Å². The Bertz CT molecular complexity index is 2190. The number of nitrogens with zero attached hydrogens (tertiary/aromatic N) is 4. The summed E-state index contributed by atoms with van der Waals surface area (Å²) >= 11 is 6.26. The number of methoxy groups -OCH3 is 1. The van der Waals surface area contributed by atoms with Gasteiger partial charge < -0.3 is 10.1 Å². The third-order valence-electron chi connectivity index (χ3n) is 7.15. The van der Waals surface area contributed by atoms with E-state index in [0.717, 1.165) is 10.9 Å². The number of ether oxygens (including phenoxy) is 1. The second-order valence-corrected chi connectivity index (χ2v) is 12.9. The number of benzene rings is 3. The molecule has 0 bridgehead atoms. The lowest BCUT2D eigenvalue weighted by molar-refractivity contribution is -0.141. The van der Waals surface area contributed by atoms with Gasteiger partial charge in [-0.1, -0.05) is 47.1 Å². The van der Waals surface area contributed by atoms with Crippen LogP contribution in [0.2, 0.25) is 5.02 Å². The van der Waals surface area contributed by atoms with Crippen molar-refractivity contribution in [1.29, 1.82) is 0 Å². The zero-order valence-corrected chi connectivity index (χ0v) is 27.2. The largest absolute Gasteiger partial charge is 0.495 e. The molecule has 0 aliphatic heterocycles. The molecule has 0 aliphatic carbocycles. The van der Waals surface area contributed by atoms with Gasteiger partial charge in [0.05, 0.1) is 31.4 Å². The molecule has 0 spiro atoms. The van der Waals surface area contributed by atoms with E-state index < -0.39 is 45.3 Å². The van der Waals surface area contributed by atoms with Crippen molar-refractivity contribution in [2.45, 2.75) is 18.6 Å². The molecule has 12 nitrogen and oxygen atoms in total. The molecule has 0 saturated carbocycles. The Labute approximate surface area is 282 Å². The first-order valence-electron chi connectivity index (χ1n) is 14.2. The summed E-state index contributed by atoms with van der Waals surface area (Å²) in [6.45, 7) is 0. The molecular formula is C32H26ClF3N6O6S. The van der Waals surface area contributed by atoms with E-state index in [1.54, 1.807) is 30.3 Å². The number of alkyl halides is 3. The summed E-state index contributed by atoms with van der Waals surface area (Å²) in [5.74, 6) is -1.38. The fourth-order valence-electron chi connectivity index (χ4n) is 4.89. The first kappa shape index (κ1) is 34.8. The minimum Gasteiger partial charge on any atom is -0.495 e. The number of halogens is 4. The lowest BCUT2D eigenvalue weighted by Gasteiger charge is -2.22. The average Bonchev–Trinajstić information content (AvgIpc) is 3.55. The number of rotatable bonds is 10. The van der Waals surface area contributed by atoms with Crippen LogP contribution in [0.5, 0.6) is 5.75 Å². The molecule has 5 rings (SSSR count). The fourth-order valence-corrected chi connectivity index (χ4v) is 5.52. The van der Waals surface area contributed by atoms with Crippen LogP contribution in [0.1, 0.15) is 27.7 Å². The van der Waals surface area contributed by atoms with Crippen LogP contribution >= 0.6 is 11.6 Å². The molecule has 0 fully saturated rings. The van der Waals surface area contributed by atoms with Crippen molar-refractivity contribution in [3.05, 3.63) is 123 Å². The SMILES string of the molecule is COc1cn([C@@H](Cc2ccccc2)C(=O)Nc2ccc(C(=O)NS(C)(=O)=O)cc2)c(=O)cc1-c1cc(Cl)ccc1-n1cc(C(F)(F)F)nn1. The molecule has 5 aromatic rings. The molecule has 0 radical (unpaired) electrons. The maximum atomic E-state index is 13.8. The molecule has 0 unspecified atom stereocenters. The lowest BCUT2D eigenvalue weighted by atomic mass is 10.0. The van der Waals surface area contributed by atoms with E-state index in [0.29, 0.717) is 11.8 Å². The first-order valence-corrected chi connectivity index (χ1v) is 16.5. The summed E-state index contributed by atoms with van der Waals surface area (Å²) in [6.07, 6.45) is -1.83. The maximum Gasteiger partial charge on any atom is 0.436 e. The van der Waals surface area contributed by atoms with Gasteiger partial charge in [0.15, 0.2) is 5.69 Å². The highest BCUT2D eigenvalue weighted by Gasteiger charge is 2.35. The van der Waals surface area contributed by atoms with E-state index in [4.69, 9.17) is 16.3 Å². The Morgan fingerprint density at radius 1 is 0.980 bits per heavy atom. The van der Waals surface area contributed by atoms with Crippen LogP contribution in [0.4, 0.5) is 18.9 Å². The van der Waals surface area contributed by atoms with Gasteiger partial charge in [-0.15, -0.1) is 5.10 Å². The monoisotopic (exact) mass is 714 g/mol. The highest BCUT2D eigenvalue weighted by Crippen LogP contribution is 2.36. The number of carbonyl (C=O) groups is 2. The quantitative estimate of drug-likeness (QED) is 0.207. The second-order valence-electron chi connectivity index (χ2n) is 10.7. The Balaban J connectivity index is 1.54. The Morgan fingerprint density at radius 3 is 2.29 bits per heavy atom. The van der Waals surface area contributed by atoms with Gasteiger partial charge in [0.25, 0.3) is 11.5 Å². The van der Waals surface area contributed by atoms with Crippen LogP contribution in [0.3, 0.4) is 0 Å². The highest BCUT2D eigenvalue weighted by atomic mass is 35.5. The predicted molar refractivity (Wildman–Crippen MR) is 174 cm³/mol. The van der Waals surface area contributed by atoms with Crippen LogP contribution in [0, 0.1) is 0 Å². The maximum absolute atomic E-state index is 13.8. The van der Waals surface area contributed by atoms with Crippen molar-refractivity contribution in [3.63, 3.8) is 0 Å². The van der Waals surface area contributed by atoms with Gasteiger partial charge in [-0.2, -0.15) is 13.2 Å². The first-order chi connectivity index (χ1) is 23.1. The van der Waals surface area contributed by atoms with Crippen molar-refractivity contribution in [2.75, 3.05) is 18.7 Å². The van der Waals surface area contributed by atoms with Gasteiger partial charge >= 0.3 is 6.18 Å². The number of carbonyl (C=O) groups excluding carboxylic acids is 2. The summed E-state index contributed by atoms with van der Waals surface area (Å²) in [6, 6.07) is 18.6. The third kappa shape index (κ3) is 8.33. The fraction of sp³-hybridized carbons (Fsp3) is 0.156. The van der Waals surface area contributed by atoms with E-state index in [9.17, 15) is 36.0 Å². The van der Waals surface area contributed by atoms with Crippen LogP contribution in [0.15, 0.2) is 96.1 Å². The van der Waals surface area contributed by atoms with Gasteiger partial charge in [-0.3, -0.25) is 19.0 Å². The lowest BCUT2D eigenvalue weighted by Crippen LogP contribution is -2.34. The van der Waals surface area contributed by atoms with E-state index in [-0.39, 0.29) is 45.3 Å². The summed E-state index contributed by atoms with van der Waals surface area (Å²) in [5.41, 5.74) is -0.392. The summed E-state index contributed by atoms with van der Waals surface area (Å²) in [5, 5.41) is 9.75. The molecule has 0 aliphatic rings. The van der Waals surface area contributed by atoms with Crippen LogP contribution in [-0.2, 0) is 27.4 Å². The molecule has 17 heteroatoms. The molecule has 1 atom stereocenters. The van der Waals surface area contributed by atoms with Crippen molar-refractivity contribution < 1.29 is 35.9 Å². The molecular weight excluding hydrogens is 689 g/mol. The number of pyridine rings is 1. The smallest absolute Gasteiger partial charge is 0.436 e. The molecule has 3 aromatic carbocycles. The van der Waals surface area contributed by atoms with Crippen LogP contribution < -0.4 is 20.3 Å².